The van der Waals surface area contributed by atoms with Gasteiger partial charge >= 0.3 is 0 Å². The summed E-state index contributed by atoms with van der Waals surface area (Å²) in [6, 6.07) is 0. The molecule has 0 saturated heterocycles. The molecule has 1 aromatic rings. The van der Waals surface area contributed by atoms with Crippen LogP contribution in [-0.4, -0.2) is 24.6 Å². The zero-order valence-electron chi connectivity index (χ0n) is 9.79. The van der Waals surface area contributed by atoms with Gasteiger partial charge in [0.15, 0.2) is 5.13 Å². The zero-order valence-corrected chi connectivity index (χ0v) is 12.2. The van der Waals surface area contributed by atoms with Gasteiger partial charge in [-0.1, -0.05) is 22.5 Å². The summed E-state index contributed by atoms with van der Waals surface area (Å²) in [6.07, 6.45) is 1.95. The molecule has 3 nitrogen and oxygen atoms in total. The van der Waals surface area contributed by atoms with E-state index in [1.807, 2.05) is 6.20 Å². The molecule has 90 valence electrons. The number of rotatable bonds is 7. The third-order valence-electron chi connectivity index (χ3n) is 2.19. The first-order valence-electron chi connectivity index (χ1n) is 5.41. The Labute approximate surface area is 110 Å². The lowest BCUT2D eigenvalue weighted by Crippen LogP contribution is -2.21. The lowest BCUT2D eigenvalue weighted by Gasteiger charge is -2.16. The summed E-state index contributed by atoms with van der Waals surface area (Å²) in [5.74, 6) is 0. The van der Waals surface area contributed by atoms with E-state index in [1.54, 1.807) is 11.3 Å². The van der Waals surface area contributed by atoms with Crippen molar-refractivity contribution < 1.29 is 0 Å². The molecule has 0 fully saturated rings. The highest BCUT2D eigenvalue weighted by Gasteiger charge is 2.07. The predicted octanol–water partition coefficient (Wildman–Crippen LogP) is 2.99. The third kappa shape index (κ3) is 4.23. The monoisotopic (exact) mass is 303 g/mol. The summed E-state index contributed by atoms with van der Waals surface area (Å²) >= 11 is 5.07. The standard InChI is InChI=1S/C11H18BrN3S/c1-4-15(5-2)11-14-8-10(16-11)7-13-6-9(3)12/h8,13H,3-7H2,1-2H3. The molecule has 1 heterocycles. The zero-order chi connectivity index (χ0) is 12.0. The van der Waals surface area contributed by atoms with Gasteiger partial charge in [-0.2, -0.15) is 0 Å². The Bertz CT molecular complexity index is 334. The highest BCUT2D eigenvalue weighted by molar-refractivity contribution is 9.11. The van der Waals surface area contributed by atoms with Crippen molar-refractivity contribution in [2.24, 2.45) is 0 Å². The molecule has 16 heavy (non-hydrogen) atoms. The lowest BCUT2D eigenvalue weighted by atomic mass is 10.5. The molecule has 0 aliphatic heterocycles. The van der Waals surface area contributed by atoms with E-state index in [0.29, 0.717) is 0 Å². The molecule has 5 heteroatoms. The third-order valence-corrected chi connectivity index (χ3v) is 3.53. The van der Waals surface area contributed by atoms with Crippen molar-refractivity contribution in [3.63, 3.8) is 0 Å². The van der Waals surface area contributed by atoms with Crippen LogP contribution in [0, 0.1) is 0 Å². The average molecular weight is 304 g/mol. The van der Waals surface area contributed by atoms with Crippen molar-refractivity contribution in [2.75, 3.05) is 24.5 Å². The van der Waals surface area contributed by atoms with Crippen LogP contribution in [0.2, 0.25) is 0 Å². The summed E-state index contributed by atoms with van der Waals surface area (Å²) in [4.78, 5) is 7.95. The minimum Gasteiger partial charge on any atom is -0.349 e. The van der Waals surface area contributed by atoms with Crippen molar-refractivity contribution in [2.45, 2.75) is 20.4 Å². The largest absolute Gasteiger partial charge is 0.349 e. The van der Waals surface area contributed by atoms with Crippen LogP contribution in [0.1, 0.15) is 18.7 Å². The van der Waals surface area contributed by atoms with Gasteiger partial charge in [-0.25, -0.2) is 4.98 Å². The number of hydrogen-bond acceptors (Lipinski definition) is 4. The molecule has 0 unspecified atom stereocenters. The van der Waals surface area contributed by atoms with E-state index in [4.69, 9.17) is 0 Å². The van der Waals surface area contributed by atoms with Crippen molar-refractivity contribution in [1.29, 1.82) is 0 Å². The number of halogens is 1. The number of nitrogens with one attached hydrogen (secondary N) is 1. The van der Waals surface area contributed by atoms with Crippen LogP contribution in [-0.2, 0) is 6.54 Å². The molecule has 1 N–H and O–H groups in total. The molecule has 0 atom stereocenters. The molecule has 0 bridgehead atoms. The molecule has 1 aromatic heterocycles. The van der Waals surface area contributed by atoms with Crippen molar-refractivity contribution >= 4 is 32.4 Å². The topological polar surface area (TPSA) is 28.2 Å². The highest BCUT2D eigenvalue weighted by atomic mass is 79.9. The van der Waals surface area contributed by atoms with Crippen LogP contribution in [0.25, 0.3) is 0 Å². The van der Waals surface area contributed by atoms with Crippen LogP contribution in [0.3, 0.4) is 0 Å². The normalized spacial score (nSPS) is 10.4. The number of hydrogen-bond donors (Lipinski definition) is 1. The maximum absolute atomic E-state index is 4.43. The van der Waals surface area contributed by atoms with Gasteiger partial charge in [-0.15, -0.1) is 11.3 Å². The predicted molar refractivity (Wildman–Crippen MR) is 75.4 cm³/mol. The van der Waals surface area contributed by atoms with Crippen molar-refractivity contribution in [1.82, 2.24) is 10.3 Å². The summed E-state index contributed by atoms with van der Waals surface area (Å²) in [6.45, 7) is 11.7. The van der Waals surface area contributed by atoms with E-state index in [-0.39, 0.29) is 0 Å². The molecule has 0 aliphatic carbocycles. The van der Waals surface area contributed by atoms with E-state index in [9.17, 15) is 0 Å². The number of aromatic nitrogens is 1. The second-order valence-corrected chi connectivity index (χ2v) is 5.62. The highest BCUT2D eigenvalue weighted by Crippen LogP contribution is 2.21. The first kappa shape index (κ1) is 13.7. The van der Waals surface area contributed by atoms with Gasteiger partial charge in [-0.05, 0) is 13.8 Å². The van der Waals surface area contributed by atoms with Crippen molar-refractivity contribution in [3.8, 4) is 0 Å². The molecule has 0 aromatic carbocycles. The van der Waals surface area contributed by atoms with Crippen LogP contribution in [0.4, 0.5) is 5.13 Å². The molecular weight excluding hydrogens is 286 g/mol. The van der Waals surface area contributed by atoms with E-state index in [0.717, 1.165) is 35.8 Å². The van der Waals surface area contributed by atoms with Gasteiger partial charge in [0.25, 0.3) is 0 Å². The number of thiazole rings is 1. The average Bonchev–Trinajstić information content (AvgIpc) is 2.68. The van der Waals surface area contributed by atoms with E-state index < -0.39 is 0 Å². The maximum atomic E-state index is 4.43. The smallest absolute Gasteiger partial charge is 0.185 e. The quantitative estimate of drug-likeness (QED) is 0.839. The molecule has 0 radical (unpaired) electrons. The first-order chi connectivity index (χ1) is 7.67. The minimum absolute atomic E-state index is 0.790. The van der Waals surface area contributed by atoms with E-state index in [1.165, 1.54) is 4.88 Å². The molecule has 0 amide bonds. The lowest BCUT2D eigenvalue weighted by molar-refractivity contribution is 0.766. The fourth-order valence-corrected chi connectivity index (χ4v) is 2.55. The molecule has 1 rings (SSSR count). The van der Waals surface area contributed by atoms with E-state index in [2.05, 4.69) is 51.6 Å². The second-order valence-electron chi connectivity index (χ2n) is 3.40. The van der Waals surface area contributed by atoms with Gasteiger partial charge in [0.1, 0.15) is 0 Å². The van der Waals surface area contributed by atoms with Gasteiger partial charge in [0.05, 0.1) is 0 Å². The second kappa shape index (κ2) is 7.04. The summed E-state index contributed by atoms with van der Waals surface area (Å²) in [7, 11) is 0. The maximum Gasteiger partial charge on any atom is 0.185 e. The Morgan fingerprint density at radius 3 is 2.81 bits per heavy atom. The Morgan fingerprint density at radius 1 is 1.56 bits per heavy atom. The van der Waals surface area contributed by atoms with Gasteiger partial charge in [0, 0.05) is 41.7 Å². The van der Waals surface area contributed by atoms with Crippen molar-refractivity contribution in [3.05, 3.63) is 22.1 Å². The molecule has 0 saturated carbocycles. The Hall–Kier alpha value is -0.390. The van der Waals surface area contributed by atoms with Crippen LogP contribution >= 0.6 is 27.3 Å². The van der Waals surface area contributed by atoms with Gasteiger partial charge in [-0.3, -0.25) is 0 Å². The van der Waals surface area contributed by atoms with Crippen LogP contribution in [0.5, 0.6) is 0 Å². The Balaban J connectivity index is 2.47. The first-order valence-corrected chi connectivity index (χ1v) is 7.02. The molecule has 0 aliphatic rings. The fourth-order valence-electron chi connectivity index (χ4n) is 1.34. The number of nitrogens with zero attached hydrogens (tertiary/aromatic N) is 2. The summed E-state index contributed by atoms with van der Waals surface area (Å²) < 4.78 is 0.973. The number of anilines is 1. The van der Waals surface area contributed by atoms with Crippen LogP contribution < -0.4 is 10.2 Å². The van der Waals surface area contributed by atoms with Crippen LogP contribution in [0.15, 0.2) is 17.3 Å². The van der Waals surface area contributed by atoms with E-state index >= 15 is 0 Å². The fraction of sp³-hybridized carbons (Fsp3) is 0.545. The Kier molecular flexibility index (Phi) is 6.01. The molecular formula is C11H18BrN3S. The van der Waals surface area contributed by atoms with Gasteiger partial charge in [0.2, 0.25) is 0 Å². The summed E-state index contributed by atoms with van der Waals surface area (Å²) in [5, 5.41) is 4.41. The molecule has 0 spiro atoms. The van der Waals surface area contributed by atoms with Gasteiger partial charge < -0.3 is 10.2 Å². The SMILES string of the molecule is C=C(Br)CNCc1cnc(N(CC)CC)s1. The Morgan fingerprint density at radius 2 is 2.25 bits per heavy atom. The minimum atomic E-state index is 0.790. The summed E-state index contributed by atoms with van der Waals surface area (Å²) in [5.41, 5.74) is 0.